The van der Waals surface area contributed by atoms with Gasteiger partial charge >= 0.3 is 9.29 Å². The van der Waals surface area contributed by atoms with Gasteiger partial charge in [-0.1, -0.05) is 0 Å². The van der Waals surface area contributed by atoms with Crippen LogP contribution in [0, 0.1) is 0 Å². The maximum atomic E-state index is 8.40. The van der Waals surface area contributed by atoms with Crippen molar-refractivity contribution in [1.82, 2.24) is 0 Å². The van der Waals surface area contributed by atoms with Crippen LogP contribution in [0.5, 0.6) is 0 Å². The van der Waals surface area contributed by atoms with E-state index in [9.17, 15) is 0 Å². The normalized spacial score (nSPS) is 1.60. The fourth-order valence-electron chi connectivity index (χ4n) is 0. The average molecular weight is 227 g/mol. The van der Waals surface area contributed by atoms with Crippen LogP contribution in [0.15, 0.2) is 0 Å². The number of rotatable bonds is 0. The Morgan fingerprint density at radius 2 is 1.20 bits per heavy atom. The molecule has 0 saturated heterocycles. The summed E-state index contributed by atoms with van der Waals surface area (Å²) in [5, 5.41) is 0. The predicted molar refractivity (Wildman–Crippen MR) is 7.13 cm³/mol. The topological polar surface area (TPSA) is 34.1 Å². The zero-order valence-electron chi connectivity index (χ0n) is 1.93. The molecule has 0 aliphatic rings. The van der Waals surface area contributed by atoms with Crippen LogP contribution in [-0.2, 0) is 47.8 Å². The van der Waals surface area contributed by atoms with Crippen molar-refractivity contribution in [2.24, 2.45) is 0 Å². The van der Waals surface area contributed by atoms with Crippen molar-refractivity contribution in [2.45, 2.75) is 0 Å². The summed E-state index contributed by atoms with van der Waals surface area (Å²) >= 11 is 0. The van der Waals surface area contributed by atoms with Crippen LogP contribution in [0.1, 0.15) is 0 Å². The summed E-state index contributed by atoms with van der Waals surface area (Å²) in [7, 11) is -1.42. The second-order valence-corrected chi connectivity index (χ2v) is 0.250. The third-order valence-corrected chi connectivity index (χ3v) is 0. The quantitative estimate of drug-likeness (QED) is 0.516. The van der Waals surface area contributed by atoms with Crippen LogP contribution < -0.4 is 0 Å². The second-order valence-electron chi connectivity index (χ2n) is 0.0833. The first kappa shape index (κ1) is 16.6. The maximum Gasteiger partial charge on any atom is 0.549 e. The van der Waals surface area contributed by atoms with Gasteiger partial charge in [0.25, 0.3) is 0 Å². The molecular formula is AgNiO2Si. The largest absolute Gasteiger partial charge is 0.549 e. The van der Waals surface area contributed by atoms with Crippen LogP contribution >= 0.6 is 0 Å². The first-order valence-corrected chi connectivity index (χ1v) is 1.22. The van der Waals surface area contributed by atoms with Crippen LogP contribution in [0.3, 0.4) is 0 Å². The average Bonchev–Trinajstić information content (AvgIpc) is 0.918. The molecule has 1 radical (unpaired) electrons. The van der Waals surface area contributed by atoms with Crippen LogP contribution in [0.25, 0.3) is 0 Å². The molecule has 0 aliphatic carbocycles. The van der Waals surface area contributed by atoms with Gasteiger partial charge < -0.3 is 0 Å². The molecule has 37 valence electrons. The van der Waals surface area contributed by atoms with Crippen molar-refractivity contribution in [2.75, 3.05) is 0 Å². The Bertz CT molecular complexity index is 30.6. The second kappa shape index (κ2) is 19.7. The summed E-state index contributed by atoms with van der Waals surface area (Å²) in [6, 6.07) is 0. The van der Waals surface area contributed by atoms with Gasteiger partial charge in [-0.3, -0.25) is 8.92 Å². The minimum Gasteiger partial charge on any atom is -0.274 e. The fourth-order valence-corrected chi connectivity index (χ4v) is 0. The van der Waals surface area contributed by atoms with Crippen molar-refractivity contribution in [3.63, 3.8) is 0 Å². The molecule has 0 fully saturated rings. The summed E-state index contributed by atoms with van der Waals surface area (Å²) in [6.45, 7) is 0. The molecule has 0 spiro atoms. The van der Waals surface area contributed by atoms with Crippen molar-refractivity contribution < 1.29 is 47.8 Å². The van der Waals surface area contributed by atoms with E-state index in [-0.39, 0.29) is 38.9 Å². The van der Waals surface area contributed by atoms with E-state index < -0.39 is 9.29 Å². The smallest absolute Gasteiger partial charge is 0.274 e. The van der Waals surface area contributed by atoms with Crippen LogP contribution in [0.2, 0.25) is 0 Å². The summed E-state index contributed by atoms with van der Waals surface area (Å²) in [5.74, 6) is 0. The summed E-state index contributed by atoms with van der Waals surface area (Å²) in [4.78, 5) is 0. The van der Waals surface area contributed by atoms with E-state index in [4.69, 9.17) is 8.92 Å². The molecule has 0 amide bonds. The molecule has 0 bridgehead atoms. The predicted octanol–water partition coefficient (Wildman–Crippen LogP) is -0.623. The summed E-state index contributed by atoms with van der Waals surface area (Å²) in [6.07, 6.45) is 0. The monoisotopic (exact) mass is 225 g/mol. The zero-order chi connectivity index (χ0) is 2.71. The molecule has 0 rings (SSSR count). The van der Waals surface area contributed by atoms with Crippen molar-refractivity contribution in [1.29, 1.82) is 0 Å². The van der Waals surface area contributed by atoms with E-state index >= 15 is 0 Å². The Morgan fingerprint density at radius 1 is 1.20 bits per heavy atom. The van der Waals surface area contributed by atoms with Gasteiger partial charge in [-0.25, -0.2) is 0 Å². The number of hydrogen-bond donors (Lipinski definition) is 0. The van der Waals surface area contributed by atoms with Crippen molar-refractivity contribution >= 4 is 9.29 Å². The Labute approximate surface area is 57.1 Å². The SMILES string of the molecule is O=[Si]=O.[Ag].[Ni]. The van der Waals surface area contributed by atoms with Crippen LogP contribution in [0.4, 0.5) is 0 Å². The molecule has 0 aromatic carbocycles. The molecule has 0 unspecified atom stereocenters. The molecular weight excluding hydrogens is 227 g/mol. The zero-order valence-corrected chi connectivity index (χ0v) is 5.40. The third-order valence-electron chi connectivity index (χ3n) is 0. The Kier molecular flexibility index (Phi) is 65.4. The number of hydrogen-bond acceptors (Lipinski definition) is 2. The van der Waals surface area contributed by atoms with Gasteiger partial charge in [0.1, 0.15) is 0 Å². The van der Waals surface area contributed by atoms with Gasteiger partial charge in [-0.05, 0) is 0 Å². The van der Waals surface area contributed by atoms with Gasteiger partial charge in [-0.15, -0.1) is 0 Å². The van der Waals surface area contributed by atoms with Gasteiger partial charge in [0.15, 0.2) is 0 Å². The first-order chi connectivity index (χ1) is 1.41. The summed E-state index contributed by atoms with van der Waals surface area (Å²) < 4.78 is 16.8. The first-order valence-electron chi connectivity index (χ1n) is 0.408. The Balaban J connectivity index is -0.0000000200. The van der Waals surface area contributed by atoms with Gasteiger partial charge in [0.05, 0.1) is 0 Å². The van der Waals surface area contributed by atoms with Gasteiger partial charge in [0, 0.05) is 38.9 Å². The Hall–Kier alpha value is 1.05. The fraction of sp³-hybridized carbons (Fsp3) is 0. The molecule has 0 N–H and O–H groups in total. The molecule has 0 aliphatic heterocycles. The maximum absolute atomic E-state index is 8.40. The standard InChI is InChI=1S/Ag.Ni.O2Si/c;;1-3-2. The molecule has 0 heterocycles. The molecule has 5 heavy (non-hydrogen) atoms. The van der Waals surface area contributed by atoms with Crippen LogP contribution in [-0.4, -0.2) is 9.29 Å². The van der Waals surface area contributed by atoms with E-state index in [1.807, 2.05) is 0 Å². The van der Waals surface area contributed by atoms with E-state index in [0.717, 1.165) is 0 Å². The van der Waals surface area contributed by atoms with Crippen molar-refractivity contribution in [3.8, 4) is 0 Å². The minimum atomic E-state index is -1.42. The van der Waals surface area contributed by atoms with E-state index in [1.165, 1.54) is 0 Å². The molecule has 0 aromatic rings. The third kappa shape index (κ3) is 42.6. The van der Waals surface area contributed by atoms with E-state index in [0.29, 0.717) is 0 Å². The van der Waals surface area contributed by atoms with Crippen molar-refractivity contribution in [3.05, 3.63) is 0 Å². The molecule has 5 heteroatoms. The minimum absolute atomic E-state index is 0. The Morgan fingerprint density at radius 3 is 1.20 bits per heavy atom. The van der Waals surface area contributed by atoms with E-state index in [2.05, 4.69) is 0 Å². The van der Waals surface area contributed by atoms with Gasteiger partial charge in [0.2, 0.25) is 0 Å². The molecule has 0 aromatic heterocycles. The molecule has 2 nitrogen and oxygen atoms in total. The molecule has 0 atom stereocenters. The van der Waals surface area contributed by atoms with Gasteiger partial charge in [-0.2, -0.15) is 0 Å². The van der Waals surface area contributed by atoms with E-state index in [1.54, 1.807) is 0 Å². The summed E-state index contributed by atoms with van der Waals surface area (Å²) in [5.41, 5.74) is 0. The molecule has 0 saturated carbocycles.